The van der Waals surface area contributed by atoms with E-state index in [0.29, 0.717) is 12.3 Å². The second-order valence-corrected chi connectivity index (χ2v) is 6.65. The van der Waals surface area contributed by atoms with Crippen LogP contribution in [-0.4, -0.2) is 26.2 Å². The average Bonchev–Trinajstić information content (AvgIpc) is 2.61. The van der Waals surface area contributed by atoms with Crippen LogP contribution in [0.15, 0.2) is 0 Å². The van der Waals surface area contributed by atoms with Crippen molar-refractivity contribution in [1.29, 1.82) is 0 Å². The van der Waals surface area contributed by atoms with Gasteiger partial charge in [-0.2, -0.15) is 0 Å². The molecule has 4 heteroatoms. The van der Waals surface area contributed by atoms with E-state index in [1.165, 1.54) is 52.7 Å². The van der Waals surface area contributed by atoms with E-state index in [0.717, 1.165) is 32.1 Å². The van der Waals surface area contributed by atoms with Crippen LogP contribution in [0.4, 0.5) is 0 Å². The van der Waals surface area contributed by atoms with Crippen molar-refractivity contribution in [3.05, 3.63) is 0 Å². The van der Waals surface area contributed by atoms with Crippen molar-refractivity contribution >= 4 is 11.9 Å². The highest BCUT2D eigenvalue weighted by atomic mass is 16.5. The standard InChI is InChI=1S/C20H38O4/c1-5-17(18(6-2)20(22)24-4)15-13-11-9-7-8-10-12-14-16-19(21)23-3/h17-18H,5-16H2,1-4H3. The summed E-state index contributed by atoms with van der Waals surface area (Å²) in [6.07, 6.45) is 13.1. The fourth-order valence-corrected chi connectivity index (χ4v) is 3.37. The third-order valence-corrected chi connectivity index (χ3v) is 4.97. The molecule has 0 aromatic carbocycles. The normalized spacial score (nSPS) is 13.3. The number of unbranched alkanes of at least 4 members (excludes halogenated alkanes) is 7. The van der Waals surface area contributed by atoms with E-state index in [1.807, 2.05) is 0 Å². The van der Waals surface area contributed by atoms with Gasteiger partial charge in [0.25, 0.3) is 0 Å². The lowest BCUT2D eigenvalue weighted by atomic mass is 9.84. The molecule has 0 bridgehead atoms. The second kappa shape index (κ2) is 15.5. The summed E-state index contributed by atoms with van der Waals surface area (Å²) in [4.78, 5) is 22.8. The molecule has 0 fully saturated rings. The Labute approximate surface area is 148 Å². The van der Waals surface area contributed by atoms with E-state index in [-0.39, 0.29) is 17.9 Å². The summed E-state index contributed by atoms with van der Waals surface area (Å²) in [6.45, 7) is 4.25. The van der Waals surface area contributed by atoms with Gasteiger partial charge < -0.3 is 9.47 Å². The molecule has 0 rings (SSSR count). The largest absolute Gasteiger partial charge is 0.469 e. The monoisotopic (exact) mass is 342 g/mol. The van der Waals surface area contributed by atoms with Crippen LogP contribution in [0.25, 0.3) is 0 Å². The number of esters is 2. The Morgan fingerprint density at radius 1 is 0.750 bits per heavy atom. The molecule has 0 aliphatic rings. The van der Waals surface area contributed by atoms with Crippen molar-refractivity contribution in [2.75, 3.05) is 14.2 Å². The van der Waals surface area contributed by atoms with Crippen molar-refractivity contribution in [3.8, 4) is 0 Å². The maximum absolute atomic E-state index is 11.8. The molecule has 0 amide bonds. The number of hydrogen-bond acceptors (Lipinski definition) is 4. The summed E-state index contributed by atoms with van der Waals surface area (Å²) in [6, 6.07) is 0. The van der Waals surface area contributed by atoms with Crippen molar-refractivity contribution in [2.45, 2.75) is 90.9 Å². The molecule has 0 saturated heterocycles. The molecule has 0 aliphatic heterocycles. The molecule has 2 atom stereocenters. The van der Waals surface area contributed by atoms with Gasteiger partial charge >= 0.3 is 11.9 Å². The predicted molar refractivity (Wildman–Crippen MR) is 97.8 cm³/mol. The number of ether oxygens (including phenoxy) is 2. The summed E-state index contributed by atoms with van der Waals surface area (Å²) in [5, 5.41) is 0. The molecule has 0 heterocycles. The van der Waals surface area contributed by atoms with Gasteiger partial charge in [-0.1, -0.05) is 65.2 Å². The summed E-state index contributed by atoms with van der Waals surface area (Å²) in [5.74, 6) is 0.379. The van der Waals surface area contributed by atoms with Gasteiger partial charge in [0.05, 0.1) is 20.1 Å². The molecule has 2 unspecified atom stereocenters. The molecule has 0 aliphatic carbocycles. The number of carbonyl (C=O) groups is 2. The van der Waals surface area contributed by atoms with Gasteiger partial charge in [-0.05, 0) is 25.2 Å². The zero-order valence-electron chi connectivity index (χ0n) is 16.3. The molecule has 0 spiro atoms. The minimum atomic E-state index is -0.0992. The third-order valence-electron chi connectivity index (χ3n) is 4.97. The van der Waals surface area contributed by atoms with E-state index in [2.05, 4.69) is 18.6 Å². The van der Waals surface area contributed by atoms with Crippen LogP contribution in [0.3, 0.4) is 0 Å². The summed E-state index contributed by atoms with van der Waals surface area (Å²) in [7, 11) is 2.93. The Morgan fingerprint density at radius 2 is 1.29 bits per heavy atom. The lowest BCUT2D eigenvalue weighted by Crippen LogP contribution is -2.24. The molecule has 24 heavy (non-hydrogen) atoms. The molecule has 0 aromatic rings. The summed E-state index contributed by atoms with van der Waals surface area (Å²) in [5.41, 5.74) is 0. The van der Waals surface area contributed by atoms with Gasteiger partial charge in [0.2, 0.25) is 0 Å². The van der Waals surface area contributed by atoms with Gasteiger partial charge in [0.1, 0.15) is 0 Å². The lowest BCUT2D eigenvalue weighted by Gasteiger charge is -2.22. The van der Waals surface area contributed by atoms with E-state index >= 15 is 0 Å². The zero-order chi connectivity index (χ0) is 18.2. The van der Waals surface area contributed by atoms with Crippen molar-refractivity contribution in [2.24, 2.45) is 11.8 Å². The van der Waals surface area contributed by atoms with Crippen molar-refractivity contribution < 1.29 is 19.1 Å². The molecular formula is C20H38O4. The maximum atomic E-state index is 11.8. The minimum absolute atomic E-state index is 0.0451. The molecule has 0 saturated carbocycles. The molecule has 142 valence electrons. The third kappa shape index (κ3) is 10.7. The Morgan fingerprint density at radius 3 is 1.75 bits per heavy atom. The lowest BCUT2D eigenvalue weighted by molar-refractivity contribution is -0.147. The first-order valence-corrected chi connectivity index (χ1v) is 9.75. The second-order valence-electron chi connectivity index (χ2n) is 6.65. The average molecular weight is 343 g/mol. The van der Waals surface area contributed by atoms with E-state index in [1.54, 1.807) is 0 Å². The van der Waals surface area contributed by atoms with Crippen LogP contribution in [0.2, 0.25) is 0 Å². The van der Waals surface area contributed by atoms with Crippen LogP contribution in [-0.2, 0) is 19.1 Å². The Kier molecular flexibility index (Phi) is 14.8. The molecule has 0 radical (unpaired) electrons. The SMILES string of the molecule is CCC(CCCCCCCCCCC(=O)OC)C(CC)C(=O)OC. The highest BCUT2D eigenvalue weighted by Gasteiger charge is 2.25. The number of methoxy groups -OCH3 is 2. The van der Waals surface area contributed by atoms with Crippen LogP contribution in [0.1, 0.15) is 90.9 Å². The van der Waals surface area contributed by atoms with E-state index in [4.69, 9.17) is 4.74 Å². The first-order valence-electron chi connectivity index (χ1n) is 9.75. The summed E-state index contributed by atoms with van der Waals surface area (Å²) >= 11 is 0. The van der Waals surface area contributed by atoms with Crippen molar-refractivity contribution in [1.82, 2.24) is 0 Å². The molecule has 0 aromatic heterocycles. The van der Waals surface area contributed by atoms with E-state index < -0.39 is 0 Å². The van der Waals surface area contributed by atoms with Crippen molar-refractivity contribution in [3.63, 3.8) is 0 Å². The smallest absolute Gasteiger partial charge is 0.308 e. The highest BCUT2D eigenvalue weighted by Crippen LogP contribution is 2.26. The first kappa shape index (κ1) is 22.9. The van der Waals surface area contributed by atoms with Crippen LogP contribution >= 0.6 is 0 Å². The maximum Gasteiger partial charge on any atom is 0.308 e. The zero-order valence-corrected chi connectivity index (χ0v) is 16.3. The van der Waals surface area contributed by atoms with Crippen LogP contribution in [0.5, 0.6) is 0 Å². The van der Waals surface area contributed by atoms with Gasteiger partial charge in [-0.25, -0.2) is 0 Å². The van der Waals surface area contributed by atoms with E-state index in [9.17, 15) is 9.59 Å². The molecule has 4 nitrogen and oxygen atoms in total. The molecular weight excluding hydrogens is 304 g/mol. The van der Waals surface area contributed by atoms with Gasteiger partial charge in [0.15, 0.2) is 0 Å². The Bertz CT molecular complexity index is 328. The summed E-state index contributed by atoms with van der Waals surface area (Å²) < 4.78 is 9.56. The Balaban J connectivity index is 3.63. The number of rotatable bonds is 15. The number of carbonyl (C=O) groups excluding carboxylic acids is 2. The fraction of sp³-hybridized carbons (Fsp3) is 0.900. The van der Waals surface area contributed by atoms with Gasteiger partial charge in [0, 0.05) is 6.42 Å². The fourth-order valence-electron chi connectivity index (χ4n) is 3.37. The quantitative estimate of drug-likeness (QED) is 0.300. The first-order chi connectivity index (χ1) is 11.6. The van der Waals surface area contributed by atoms with Gasteiger partial charge in [-0.15, -0.1) is 0 Å². The minimum Gasteiger partial charge on any atom is -0.469 e. The number of hydrogen-bond donors (Lipinski definition) is 0. The van der Waals surface area contributed by atoms with Crippen LogP contribution < -0.4 is 0 Å². The molecule has 0 N–H and O–H groups in total. The Hall–Kier alpha value is -1.06. The van der Waals surface area contributed by atoms with Gasteiger partial charge in [-0.3, -0.25) is 9.59 Å². The topological polar surface area (TPSA) is 52.6 Å². The predicted octanol–water partition coefficient (Wildman–Crippen LogP) is 5.29. The van der Waals surface area contributed by atoms with Crippen LogP contribution in [0, 0.1) is 11.8 Å². The highest BCUT2D eigenvalue weighted by molar-refractivity contribution is 5.72.